The zero-order valence-electron chi connectivity index (χ0n) is 9.75. The molecule has 2 aromatic carbocycles. The summed E-state index contributed by atoms with van der Waals surface area (Å²) in [7, 11) is 0. The Labute approximate surface area is 140 Å². The minimum Gasteiger partial charge on any atom is -0.377 e. The van der Waals surface area contributed by atoms with Gasteiger partial charge in [-0.05, 0) is 88.0 Å². The molecule has 1 atom stereocenters. The Morgan fingerprint density at radius 2 is 1.61 bits per heavy atom. The van der Waals surface area contributed by atoms with Crippen LogP contribution >= 0.6 is 56.8 Å². The van der Waals surface area contributed by atoms with Gasteiger partial charge in [0.2, 0.25) is 0 Å². The van der Waals surface area contributed by atoms with Crippen molar-refractivity contribution in [2.45, 2.75) is 13.0 Å². The first-order chi connectivity index (χ1) is 8.56. The van der Waals surface area contributed by atoms with Crippen LogP contribution in [0.4, 0.5) is 5.69 Å². The van der Waals surface area contributed by atoms with Crippen LogP contribution in [0.15, 0.2) is 42.5 Å². The van der Waals surface area contributed by atoms with Gasteiger partial charge in [0.1, 0.15) is 0 Å². The Morgan fingerprint density at radius 1 is 1.00 bits per heavy atom. The van der Waals surface area contributed by atoms with Gasteiger partial charge >= 0.3 is 0 Å². The minimum atomic E-state index is 0.236. The molecule has 0 bridgehead atoms. The van der Waals surface area contributed by atoms with Crippen LogP contribution in [0.25, 0.3) is 0 Å². The van der Waals surface area contributed by atoms with E-state index in [1.54, 1.807) is 0 Å². The molecule has 2 aromatic rings. The molecule has 0 saturated heterocycles. The molecule has 0 saturated carbocycles. The van der Waals surface area contributed by atoms with Crippen molar-refractivity contribution >= 4 is 62.5 Å². The van der Waals surface area contributed by atoms with E-state index in [1.165, 1.54) is 9.13 Å². The number of benzene rings is 2. The normalized spacial score (nSPS) is 12.2. The predicted octanol–water partition coefficient (Wildman–Crippen LogP) is 5.72. The van der Waals surface area contributed by atoms with Gasteiger partial charge < -0.3 is 5.32 Å². The summed E-state index contributed by atoms with van der Waals surface area (Å²) in [4.78, 5) is 0. The molecule has 1 unspecified atom stereocenters. The number of hydrogen-bond donors (Lipinski definition) is 1. The smallest absolute Gasteiger partial charge is 0.0648 e. The van der Waals surface area contributed by atoms with Gasteiger partial charge in [-0.25, -0.2) is 0 Å². The molecule has 1 nitrogen and oxygen atoms in total. The van der Waals surface area contributed by atoms with E-state index in [2.05, 4.69) is 87.8 Å². The van der Waals surface area contributed by atoms with E-state index >= 15 is 0 Å². The van der Waals surface area contributed by atoms with Gasteiger partial charge in [-0.3, -0.25) is 0 Å². The molecule has 0 heterocycles. The van der Waals surface area contributed by atoms with Gasteiger partial charge in [0.15, 0.2) is 0 Å². The Hall–Kier alpha value is -0.0100. The zero-order chi connectivity index (χ0) is 13.1. The van der Waals surface area contributed by atoms with Gasteiger partial charge in [0.05, 0.1) is 10.7 Å². The van der Waals surface area contributed by atoms with Crippen LogP contribution < -0.4 is 5.32 Å². The zero-order valence-corrected chi connectivity index (χ0v) is 14.8. The second-order valence-electron chi connectivity index (χ2n) is 4.04. The van der Waals surface area contributed by atoms with E-state index < -0.39 is 0 Å². The van der Waals surface area contributed by atoms with Crippen molar-refractivity contribution in [1.29, 1.82) is 0 Å². The third kappa shape index (κ3) is 3.74. The van der Waals surface area contributed by atoms with E-state index in [-0.39, 0.29) is 6.04 Å². The average Bonchev–Trinajstić information content (AvgIpc) is 2.33. The number of anilines is 1. The van der Waals surface area contributed by atoms with E-state index in [4.69, 9.17) is 11.6 Å². The Balaban J connectivity index is 2.15. The molecule has 94 valence electrons. The SMILES string of the molecule is CC(Nc1ccc(I)cc1Cl)c1ccc(I)cc1. The van der Waals surface area contributed by atoms with Crippen LogP contribution in [0.1, 0.15) is 18.5 Å². The summed E-state index contributed by atoms with van der Waals surface area (Å²) in [6.07, 6.45) is 0. The Bertz CT molecular complexity index is 540. The maximum atomic E-state index is 6.22. The van der Waals surface area contributed by atoms with Crippen molar-refractivity contribution in [3.05, 3.63) is 60.2 Å². The first-order valence-electron chi connectivity index (χ1n) is 5.53. The van der Waals surface area contributed by atoms with Crippen LogP contribution in [0, 0.1) is 7.14 Å². The predicted molar refractivity (Wildman–Crippen MR) is 95.4 cm³/mol. The Morgan fingerprint density at radius 3 is 2.22 bits per heavy atom. The quantitative estimate of drug-likeness (QED) is 0.551. The lowest BCUT2D eigenvalue weighted by molar-refractivity contribution is 0.884. The summed E-state index contributed by atoms with van der Waals surface area (Å²) < 4.78 is 2.39. The second kappa shape index (κ2) is 6.43. The summed E-state index contributed by atoms with van der Waals surface area (Å²) >= 11 is 10.8. The van der Waals surface area contributed by atoms with Crippen LogP contribution in [0.3, 0.4) is 0 Å². The lowest BCUT2D eigenvalue weighted by Crippen LogP contribution is -2.06. The number of rotatable bonds is 3. The number of halogens is 3. The van der Waals surface area contributed by atoms with Crippen LogP contribution in [0.5, 0.6) is 0 Å². The Kier molecular flexibility index (Phi) is 5.14. The molecule has 1 N–H and O–H groups in total. The lowest BCUT2D eigenvalue weighted by atomic mass is 10.1. The molecule has 0 radical (unpaired) electrons. The summed E-state index contributed by atoms with van der Waals surface area (Å²) in [6.45, 7) is 2.14. The van der Waals surface area contributed by atoms with Crippen LogP contribution in [-0.2, 0) is 0 Å². The molecule has 2 rings (SSSR count). The average molecular weight is 484 g/mol. The summed E-state index contributed by atoms with van der Waals surface area (Å²) in [5.41, 5.74) is 2.23. The fraction of sp³-hybridized carbons (Fsp3) is 0.143. The van der Waals surface area contributed by atoms with Crippen molar-refractivity contribution < 1.29 is 0 Å². The largest absolute Gasteiger partial charge is 0.377 e. The molecular weight excluding hydrogens is 471 g/mol. The maximum absolute atomic E-state index is 6.22. The molecular formula is C14H12ClI2N. The van der Waals surface area contributed by atoms with Crippen molar-refractivity contribution in [2.24, 2.45) is 0 Å². The van der Waals surface area contributed by atoms with E-state index in [9.17, 15) is 0 Å². The first-order valence-corrected chi connectivity index (χ1v) is 8.07. The third-order valence-corrected chi connectivity index (χ3v) is 4.38. The number of hydrogen-bond acceptors (Lipinski definition) is 1. The fourth-order valence-corrected chi connectivity index (χ4v) is 2.94. The topological polar surface area (TPSA) is 12.0 Å². The van der Waals surface area contributed by atoms with E-state index in [1.807, 2.05) is 12.1 Å². The fourth-order valence-electron chi connectivity index (χ4n) is 1.67. The molecule has 0 aliphatic carbocycles. The molecule has 0 spiro atoms. The van der Waals surface area contributed by atoms with Gasteiger partial charge in [-0.2, -0.15) is 0 Å². The molecule has 0 aliphatic rings. The lowest BCUT2D eigenvalue weighted by Gasteiger charge is -2.17. The molecule has 4 heteroatoms. The third-order valence-electron chi connectivity index (χ3n) is 2.67. The van der Waals surface area contributed by atoms with E-state index in [0.717, 1.165) is 14.3 Å². The maximum Gasteiger partial charge on any atom is 0.0648 e. The van der Waals surface area contributed by atoms with Crippen molar-refractivity contribution in [1.82, 2.24) is 0 Å². The molecule has 18 heavy (non-hydrogen) atoms. The standard InChI is InChI=1S/C14H12ClI2N/c1-9(10-2-4-11(16)5-3-10)18-14-7-6-12(17)8-13(14)15/h2-9,18H,1H3. The second-order valence-corrected chi connectivity index (χ2v) is 6.94. The van der Waals surface area contributed by atoms with Gasteiger partial charge in [0, 0.05) is 13.2 Å². The molecule has 0 amide bonds. The van der Waals surface area contributed by atoms with Crippen LogP contribution in [0.2, 0.25) is 5.02 Å². The summed E-state index contributed by atoms with van der Waals surface area (Å²) in [5, 5.41) is 4.20. The molecule has 0 aliphatic heterocycles. The van der Waals surface area contributed by atoms with Gasteiger partial charge in [-0.15, -0.1) is 0 Å². The first kappa shape index (κ1) is 14.4. The highest BCUT2D eigenvalue weighted by molar-refractivity contribution is 14.1. The van der Waals surface area contributed by atoms with Crippen molar-refractivity contribution in [3.63, 3.8) is 0 Å². The summed E-state index contributed by atoms with van der Waals surface area (Å²) in [6, 6.07) is 14.8. The van der Waals surface area contributed by atoms with Crippen LogP contribution in [-0.4, -0.2) is 0 Å². The highest BCUT2D eigenvalue weighted by Gasteiger charge is 2.07. The molecule has 0 aromatic heterocycles. The molecule has 0 fully saturated rings. The minimum absolute atomic E-state index is 0.236. The summed E-state index contributed by atoms with van der Waals surface area (Å²) in [5.74, 6) is 0. The van der Waals surface area contributed by atoms with Gasteiger partial charge in [-0.1, -0.05) is 23.7 Å². The highest BCUT2D eigenvalue weighted by atomic mass is 127. The van der Waals surface area contributed by atoms with Gasteiger partial charge in [0.25, 0.3) is 0 Å². The van der Waals surface area contributed by atoms with E-state index in [0.29, 0.717) is 0 Å². The van der Waals surface area contributed by atoms with Crippen molar-refractivity contribution in [3.8, 4) is 0 Å². The number of nitrogens with one attached hydrogen (secondary N) is 1. The monoisotopic (exact) mass is 483 g/mol. The van der Waals surface area contributed by atoms with Crippen molar-refractivity contribution in [2.75, 3.05) is 5.32 Å². The highest BCUT2D eigenvalue weighted by Crippen LogP contribution is 2.27.